The Morgan fingerprint density at radius 3 is 0.895 bits per heavy atom. The van der Waals surface area contributed by atoms with Crippen LogP contribution in [0.25, 0.3) is 24.3 Å². The highest BCUT2D eigenvalue weighted by Crippen LogP contribution is 2.19. The molecule has 0 heterocycles. The van der Waals surface area contributed by atoms with Crippen molar-refractivity contribution in [3.8, 4) is 23.0 Å². The number of esters is 2. The summed E-state index contributed by atoms with van der Waals surface area (Å²) in [5, 5.41) is 0. The van der Waals surface area contributed by atoms with Crippen molar-refractivity contribution in [1.82, 2.24) is 0 Å². The topological polar surface area (TPSA) is 71.1 Å². The van der Waals surface area contributed by atoms with Gasteiger partial charge < -0.3 is 18.9 Å². The Morgan fingerprint density at radius 1 is 0.421 bits per heavy atom. The van der Waals surface area contributed by atoms with Crippen molar-refractivity contribution in [2.75, 3.05) is 14.2 Å². The molecule has 0 aliphatic rings. The van der Waals surface area contributed by atoms with Crippen LogP contribution >= 0.6 is 0 Å². The van der Waals surface area contributed by atoms with Gasteiger partial charge in [0, 0.05) is 0 Å². The van der Waals surface area contributed by atoms with Gasteiger partial charge in [-0.05, 0) is 70.8 Å². The molecule has 4 rings (SSSR count). The molecule has 0 amide bonds. The zero-order chi connectivity index (χ0) is 26.7. The molecule has 0 aromatic heterocycles. The van der Waals surface area contributed by atoms with Gasteiger partial charge in [0.2, 0.25) is 0 Å². The quantitative estimate of drug-likeness (QED) is 0.117. The van der Waals surface area contributed by atoms with Crippen LogP contribution in [0.5, 0.6) is 23.0 Å². The van der Waals surface area contributed by atoms with Gasteiger partial charge in [0.25, 0.3) is 0 Å². The average Bonchev–Trinajstić information content (AvgIpc) is 2.97. The molecule has 0 atom stereocenters. The molecule has 0 radical (unpaired) electrons. The first-order valence-corrected chi connectivity index (χ1v) is 11.8. The summed E-state index contributed by atoms with van der Waals surface area (Å²) in [6.45, 7) is 0. The van der Waals surface area contributed by atoms with Gasteiger partial charge in [-0.2, -0.15) is 0 Å². The second kappa shape index (κ2) is 12.7. The van der Waals surface area contributed by atoms with Crippen molar-refractivity contribution in [3.05, 3.63) is 119 Å². The van der Waals surface area contributed by atoms with Crippen LogP contribution in [-0.2, 0) is 9.59 Å². The van der Waals surface area contributed by atoms with Crippen molar-refractivity contribution < 1.29 is 28.5 Å². The Kier molecular flexibility index (Phi) is 8.71. The molecule has 0 fully saturated rings. The molecular formula is C32H26O6. The Balaban J connectivity index is 1.27. The third-order valence-electron chi connectivity index (χ3n) is 5.52. The molecule has 4 aromatic carbocycles. The molecule has 190 valence electrons. The molecule has 0 aliphatic carbocycles. The van der Waals surface area contributed by atoms with Crippen molar-refractivity contribution in [3.63, 3.8) is 0 Å². The van der Waals surface area contributed by atoms with E-state index in [0.717, 1.165) is 33.8 Å². The van der Waals surface area contributed by atoms with Crippen LogP contribution < -0.4 is 18.9 Å². The van der Waals surface area contributed by atoms with E-state index in [1.54, 1.807) is 62.8 Å². The maximum absolute atomic E-state index is 12.2. The molecule has 6 nitrogen and oxygen atoms in total. The summed E-state index contributed by atoms with van der Waals surface area (Å²) in [4.78, 5) is 24.4. The molecule has 6 heteroatoms. The minimum atomic E-state index is -1.10. The number of hydrogen-bond donors (Lipinski definition) is 0. The van der Waals surface area contributed by atoms with Crippen molar-refractivity contribution >= 4 is 36.2 Å². The number of carbonyl (C=O) groups excluding carboxylic acids is 2. The second-order valence-electron chi connectivity index (χ2n) is 8.13. The van der Waals surface area contributed by atoms with E-state index in [1.807, 2.05) is 72.8 Å². The maximum Gasteiger partial charge on any atom is 0.423 e. The van der Waals surface area contributed by atoms with Crippen LogP contribution in [0.2, 0.25) is 0 Å². The van der Waals surface area contributed by atoms with E-state index in [4.69, 9.17) is 18.9 Å². The lowest BCUT2D eigenvalue weighted by atomic mass is 10.1. The summed E-state index contributed by atoms with van der Waals surface area (Å²) in [6.07, 6.45) is 7.77. The van der Waals surface area contributed by atoms with E-state index in [1.165, 1.54) is 0 Å². The highest BCUT2D eigenvalue weighted by atomic mass is 16.6. The molecule has 0 bridgehead atoms. The lowest BCUT2D eigenvalue weighted by Gasteiger charge is -2.06. The van der Waals surface area contributed by atoms with E-state index in [9.17, 15) is 9.59 Å². The highest BCUT2D eigenvalue weighted by Gasteiger charge is 2.19. The number of hydrogen-bond acceptors (Lipinski definition) is 6. The van der Waals surface area contributed by atoms with Crippen molar-refractivity contribution in [2.24, 2.45) is 0 Å². The van der Waals surface area contributed by atoms with Gasteiger partial charge in [-0.1, -0.05) is 72.8 Å². The fourth-order valence-corrected chi connectivity index (χ4v) is 3.41. The molecular weight excluding hydrogens is 480 g/mol. The standard InChI is InChI=1S/C32H26O6/c1-35-27-15-7-23(8-16-27)3-5-25-11-19-29(20-12-25)37-31(33)32(34)38-30-21-13-26(14-22-30)6-4-24-9-17-28(36-2)18-10-24/h3-22H,1-2H3/b5-3+,6-4+. The van der Waals surface area contributed by atoms with Crippen LogP contribution in [0.15, 0.2) is 97.1 Å². The Morgan fingerprint density at radius 2 is 0.658 bits per heavy atom. The summed E-state index contributed by atoms with van der Waals surface area (Å²) in [7, 11) is 3.25. The van der Waals surface area contributed by atoms with Crippen LogP contribution in [0, 0.1) is 0 Å². The van der Waals surface area contributed by atoms with Gasteiger partial charge in [0.1, 0.15) is 23.0 Å². The third kappa shape index (κ3) is 7.45. The zero-order valence-electron chi connectivity index (χ0n) is 21.0. The molecule has 0 saturated carbocycles. The lowest BCUT2D eigenvalue weighted by molar-refractivity contribution is -0.156. The predicted molar refractivity (Wildman–Crippen MR) is 148 cm³/mol. The van der Waals surface area contributed by atoms with Crippen molar-refractivity contribution in [2.45, 2.75) is 0 Å². The van der Waals surface area contributed by atoms with Crippen LogP contribution in [-0.4, -0.2) is 26.2 Å². The van der Waals surface area contributed by atoms with E-state index >= 15 is 0 Å². The van der Waals surface area contributed by atoms with E-state index in [-0.39, 0.29) is 11.5 Å². The number of benzene rings is 4. The van der Waals surface area contributed by atoms with Crippen LogP contribution in [0.4, 0.5) is 0 Å². The first kappa shape index (κ1) is 26.0. The number of rotatable bonds is 8. The first-order valence-electron chi connectivity index (χ1n) is 11.8. The molecule has 38 heavy (non-hydrogen) atoms. The van der Waals surface area contributed by atoms with Gasteiger partial charge in [0.05, 0.1) is 14.2 Å². The van der Waals surface area contributed by atoms with Gasteiger partial charge in [-0.25, -0.2) is 9.59 Å². The van der Waals surface area contributed by atoms with Crippen molar-refractivity contribution in [1.29, 1.82) is 0 Å². The molecule has 4 aromatic rings. The summed E-state index contributed by atoms with van der Waals surface area (Å²) >= 11 is 0. The van der Waals surface area contributed by atoms with E-state index in [0.29, 0.717) is 0 Å². The molecule has 0 unspecified atom stereocenters. The van der Waals surface area contributed by atoms with E-state index < -0.39 is 11.9 Å². The average molecular weight is 507 g/mol. The van der Waals surface area contributed by atoms with Gasteiger partial charge in [0.15, 0.2) is 0 Å². The van der Waals surface area contributed by atoms with Gasteiger partial charge >= 0.3 is 11.9 Å². The third-order valence-corrected chi connectivity index (χ3v) is 5.52. The second-order valence-corrected chi connectivity index (χ2v) is 8.13. The smallest absolute Gasteiger partial charge is 0.423 e. The van der Waals surface area contributed by atoms with Crippen LogP contribution in [0.3, 0.4) is 0 Å². The first-order chi connectivity index (χ1) is 18.5. The number of methoxy groups -OCH3 is 2. The number of carbonyl (C=O) groups is 2. The zero-order valence-corrected chi connectivity index (χ0v) is 21.0. The Labute approximate surface area is 221 Å². The highest BCUT2D eigenvalue weighted by molar-refractivity contribution is 6.31. The summed E-state index contributed by atoms with van der Waals surface area (Å²) < 4.78 is 20.6. The SMILES string of the molecule is COc1ccc(/C=C/c2ccc(OC(=O)C(=O)Oc3ccc(/C=C/c4ccc(OC)cc4)cc3)cc2)cc1. The Bertz CT molecular complexity index is 1300. The minimum Gasteiger partial charge on any atom is -0.497 e. The van der Waals surface area contributed by atoms with Gasteiger partial charge in [-0.15, -0.1) is 0 Å². The maximum atomic E-state index is 12.2. The largest absolute Gasteiger partial charge is 0.497 e. The fourth-order valence-electron chi connectivity index (χ4n) is 3.41. The number of ether oxygens (including phenoxy) is 4. The fraction of sp³-hybridized carbons (Fsp3) is 0.0625. The normalized spacial score (nSPS) is 10.9. The van der Waals surface area contributed by atoms with Gasteiger partial charge in [-0.3, -0.25) is 0 Å². The summed E-state index contributed by atoms with van der Waals surface area (Å²) in [5.41, 5.74) is 3.85. The molecule has 0 saturated heterocycles. The monoisotopic (exact) mass is 506 g/mol. The predicted octanol–water partition coefficient (Wildman–Crippen LogP) is 6.56. The Hall–Kier alpha value is -5.10. The molecule has 0 N–H and O–H groups in total. The molecule has 0 spiro atoms. The van der Waals surface area contributed by atoms with Crippen LogP contribution in [0.1, 0.15) is 22.3 Å². The summed E-state index contributed by atoms with van der Waals surface area (Å²) in [5.74, 6) is -0.131. The minimum absolute atomic E-state index is 0.243. The van der Waals surface area contributed by atoms with E-state index in [2.05, 4.69) is 0 Å². The lowest BCUT2D eigenvalue weighted by Crippen LogP contribution is -2.25. The summed E-state index contributed by atoms with van der Waals surface area (Å²) in [6, 6.07) is 28.9. The molecule has 0 aliphatic heterocycles.